The van der Waals surface area contributed by atoms with E-state index in [2.05, 4.69) is 26.2 Å². The van der Waals surface area contributed by atoms with Crippen molar-refractivity contribution in [3.63, 3.8) is 0 Å². The predicted octanol–water partition coefficient (Wildman–Crippen LogP) is 3.83. The fourth-order valence-corrected chi connectivity index (χ4v) is 2.42. The number of pyridine rings is 1. The first-order valence-electron chi connectivity index (χ1n) is 5.75. The van der Waals surface area contributed by atoms with Crippen LogP contribution in [-0.4, -0.2) is 4.98 Å². The standard InChI is InChI=1S/C14H14BrFN2/c1-10(13-6-5-11(16)8-14(13)15)18-9-12-4-2-3-7-17-12/h2-8,10,18H,9H2,1H3. The molecule has 1 atom stereocenters. The molecule has 0 aliphatic carbocycles. The van der Waals surface area contributed by atoms with E-state index < -0.39 is 0 Å². The van der Waals surface area contributed by atoms with Gasteiger partial charge in [-0.15, -0.1) is 0 Å². The summed E-state index contributed by atoms with van der Waals surface area (Å²) in [7, 11) is 0. The molecule has 4 heteroatoms. The molecule has 1 aromatic carbocycles. The number of halogens is 2. The number of hydrogen-bond acceptors (Lipinski definition) is 2. The minimum Gasteiger partial charge on any atom is -0.305 e. The van der Waals surface area contributed by atoms with Crippen LogP contribution in [-0.2, 0) is 6.54 Å². The molecule has 0 bridgehead atoms. The molecule has 2 aromatic rings. The Morgan fingerprint density at radius 1 is 1.33 bits per heavy atom. The minimum atomic E-state index is -0.234. The summed E-state index contributed by atoms with van der Waals surface area (Å²) < 4.78 is 13.8. The molecule has 18 heavy (non-hydrogen) atoms. The van der Waals surface area contributed by atoms with Crippen molar-refractivity contribution in [2.45, 2.75) is 19.5 Å². The van der Waals surface area contributed by atoms with Gasteiger partial charge in [-0.2, -0.15) is 0 Å². The van der Waals surface area contributed by atoms with E-state index in [-0.39, 0.29) is 11.9 Å². The zero-order chi connectivity index (χ0) is 13.0. The fourth-order valence-electron chi connectivity index (χ4n) is 1.72. The third-order valence-corrected chi connectivity index (χ3v) is 3.43. The van der Waals surface area contributed by atoms with Gasteiger partial charge in [0, 0.05) is 23.3 Å². The van der Waals surface area contributed by atoms with Crippen molar-refractivity contribution >= 4 is 15.9 Å². The summed E-state index contributed by atoms with van der Waals surface area (Å²) in [4.78, 5) is 4.25. The lowest BCUT2D eigenvalue weighted by Gasteiger charge is -2.15. The van der Waals surface area contributed by atoms with E-state index >= 15 is 0 Å². The van der Waals surface area contributed by atoms with Crippen molar-refractivity contribution in [2.75, 3.05) is 0 Å². The highest BCUT2D eigenvalue weighted by atomic mass is 79.9. The molecule has 0 aliphatic heterocycles. The van der Waals surface area contributed by atoms with Gasteiger partial charge in [0.2, 0.25) is 0 Å². The summed E-state index contributed by atoms with van der Waals surface area (Å²) in [6.45, 7) is 2.73. The van der Waals surface area contributed by atoms with Gasteiger partial charge in [-0.25, -0.2) is 4.39 Å². The molecule has 0 aliphatic rings. The number of nitrogens with zero attached hydrogens (tertiary/aromatic N) is 1. The Labute approximate surface area is 114 Å². The van der Waals surface area contributed by atoms with E-state index in [0.717, 1.165) is 15.7 Å². The summed E-state index contributed by atoms with van der Waals surface area (Å²) in [6.07, 6.45) is 1.77. The van der Waals surface area contributed by atoms with Crippen LogP contribution < -0.4 is 5.32 Å². The van der Waals surface area contributed by atoms with Gasteiger partial charge in [-0.1, -0.05) is 28.1 Å². The Balaban J connectivity index is 2.01. The number of aromatic nitrogens is 1. The van der Waals surface area contributed by atoms with Gasteiger partial charge in [0.05, 0.1) is 5.69 Å². The maximum absolute atomic E-state index is 13.0. The van der Waals surface area contributed by atoms with Crippen LogP contribution in [0, 0.1) is 5.82 Å². The largest absolute Gasteiger partial charge is 0.305 e. The highest BCUT2D eigenvalue weighted by Crippen LogP contribution is 2.24. The average molecular weight is 309 g/mol. The number of rotatable bonds is 4. The summed E-state index contributed by atoms with van der Waals surface area (Å²) >= 11 is 3.38. The molecule has 0 radical (unpaired) electrons. The van der Waals surface area contributed by atoms with Crippen LogP contribution in [0.1, 0.15) is 24.2 Å². The van der Waals surface area contributed by atoms with Gasteiger partial charge >= 0.3 is 0 Å². The zero-order valence-corrected chi connectivity index (χ0v) is 11.6. The van der Waals surface area contributed by atoms with Crippen molar-refractivity contribution in [1.29, 1.82) is 0 Å². The van der Waals surface area contributed by atoms with Gasteiger partial charge in [-0.3, -0.25) is 4.98 Å². The van der Waals surface area contributed by atoms with Gasteiger partial charge in [-0.05, 0) is 36.8 Å². The molecule has 1 N–H and O–H groups in total. The van der Waals surface area contributed by atoms with Crippen molar-refractivity contribution in [2.24, 2.45) is 0 Å². The predicted molar refractivity (Wildman–Crippen MR) is 73.6 cm³/mol. The maximum Gasteiger partial charge on any atom is 0.124 e. The quantitative estimate of drug-likeness (QED) is 0.928. The number of hydrogen-bond donors (Lipinski definition) is 1. The lowest BCUT2D eigenvalue weighted by Crippen LogP contribution is -2.19. The zero-order valence-electron chi connectivity index (χ0n) is 10.0. The number of benzene rings is 1. The first-order chi connectivity index (χ1) is 8.66. The van der Waals surface area contributed by atoms with Crippen LogP contribution in [0.25, 0.3) is 0 Å². The smallest absolute Gasteiger partial charge is 0.124 e. The lowest BCUT2D eigenvalue weighted by molar-refractivity contribution is 0.562. The molecular formula is C14H14BrFN2. The molecule has 1 heterocycles. The van der Waals surface area contributed by atoms with Crippen LogP contribution >= 0.6 is 15.9 Å². The number of nitrogens with one attached hydrogen (secondary N) is 1. The van der Waals surface area contributed by atoms with Crippen molar-refractivity contribution in [3.8, 4) is 0 Å². The molecule has 0 amide bonds. The fraction of sp³-hybridized carbons (Fsp3) is 0.214. The summed E-state index contributed by atoms with van der Waals surface area (Å²) in [5.74, 6) is -0.234. The van der Waals surface area contributed by atoms with E-state index in [1.165, 1.54) is 12.1 Å². The second kappa shape index (κ2) is 6.07. The summed E-state index contributed by atoms with van der Waals surface area (Å²) in [6, 6.07) is 10.7. The van der Waals surface area contributed by atoms with Crippen LogP contribution in [0.4, 0.5) is 4.39 Å². The Morgan fingerprint density at radius 3 is 2.83 bits per heavy atom. The highest BCUT2D eigenvalue weighted by Gasteiger charge is 2.09. The average Bonchev–Trinajstić information content (AvgIpc) is 2.37. The van der Waals surface area contributed by atoms with E-state index in [9.17, 15) is 4.39 Å². The molecule has 2 rings (SSSR count). The summed E-state index contributed by atoms with van der Waals surface area (Å²) in [5.41, 5.74) is 2.02. The van der Waals surface area contributed by atoms with Gasteiger partial charge in [0.15, 0.2) is 0 Å². The molecular weight excluding hydrogens is 295 g/mol. The Kier molecular flexibility index (Phi) is 4.44. The van der Waals surface area contributed by atoms with E-state index in [1.807, 2.05) is 25.1 Å². The van der Waals surface area contributed by atoms with Crippen molar-refractivity contribution < 1.29 is 4.39 Å². The van der Waals surface area contributed by atoms with Crippen LogP contribution in [0.3, 0.4) is 0 Å². The van der Waals surface area contributed by atoms with E-state index in [1.54, 1.807) is 12.3 Å². The molecule has 0 spiro atoms. The molecule has 94 valence electrons. The highest BCUT2D eigenvalue weighted by molar-refractivity contribution is 9.10. The van der Waals surface area contributed by atoms with Gasteiger partial charge in [0.25, 0.3) is 0 Å². The second-order valence-corrected chi connectivity index (χ2v) is 4.94. The normalized spacial score (nSPS) is 12.4. The van der Waals surface area contributed by atoms with E-state index in [0.29, 0.717) is 6.54 Å². The monoisotopic (exact) mass is 308 g/mol. The summed E-state index contributed by atoms with van der Waals surface area (Å²) in [5, 5.41) is 3.36. The maximum atomic E-state index is 13.0. The van der Waals surface area contributed by atoms with Gasteiger partial charge < -0.3 is 5.32 Å². The lowest BCUT2D eigenvalue weighted by atomic mass is 10.1. The third-order valence-electron chi connectivity index (χ3n) is 2.74. The molecule has 0 fully saturated rings. The Bertz CT molecular complexity index is 516. The second-order valence-electron chi connectivity index (χ2n) is 4.09. The molecule has 0 saturated carbocycles. The first kappa shape index (κ1) is 13.2. The van der Waals surface area contributed by atoms with Crippen LogP contribution in [0.5, 0.6) is 0 Å². The molecule has 1 unspecified atom stereocenters. The van der Waals surface area contributed by atoms with E-state index in [4.69, 9.17) is 0 Å². The Hall–Kier alpha value is -1.26. The Morgan fingerprint density at radius 2 is 2.17 bits per heavy atom. The van der Waals surface area contributed by atoms with Crippen LogP contribution in [0.2, 0.25) is 0 Å². The topological polar surface area (TPSA) is 24.9 Å². The van der Waals surface area contributed by atoms with Gasteiger partial charge in [0.1, 0.15) is 5.82 Å². The minimum absolute atomic E-state index is 0.127. The third kappa shape index (κ3) is 3.37. The first-order valence-corrected chi connectivity index (χ1v) is 6.54. The van der Waals surface area contributed by atoms with Crippen molar-refractivity contribution in [3.05, 3.63) is 64.1 Å². The van der Waals surface area contributed by atoms with Crippen LogP contribution in [0.15, 0.2) is 47.1 Å². The van der Waals surface area contributed by atoms with Crippen molar-refractivity contribution in [1.82, 2.24) is 10.3 Å². The molecule has 1 aromatic heterocycles. The SMILES string of the molecule is CC(NCc1ccccn1)c1ccc(F)cc1Br. The molecule has 2 nitrogen and oxygen atoms in total. The molecule has 0 saturated heterocycles.